The van der Waals surface area contributed by atoms with E-state index in [0.717, 1.165) is 0 Å². The molecule has 0 amide bonds. The lowest BCUT2D eigenvalue weighted by Crippen LogP contribution is -2.06. The summed E-state index contributed by atoms with van der Waals surface area (Å²) in [6.45, 7) is 2.62. The summed E-state index contributed by atoms with van der Waals surface area (Å²) in [6.07, 6.45) is 0. The molecule has 140 valence electrons. The molecule has 0 saturated carbocycles. The zero-order valence-electron chi connectivity index (χ0n) is 12.9. The van der Waals surface area contributed by atoms with Crippen LogP contribution in [0.25, 0.3) is 0 Å². The molecule has 0 N–H and O–H groups in total. The first-order valence-corrected chi connectivity index (χ1v) is 7.69. The number of nitrogens with zero attached hydrogens (tertiary/aromatic N) is 2. The highest BCUT2D eigenvalue weighted by atomic mass is 35.5. The maximum absolute atomic E-state index is 8.70. The minimum atomic E-state index is -0.0746. The minimum absolute atomic E-state index is 0. The molecule has 0 bridgehead atoms. The first kappa shape index (κ1) is 29.8. The molecule has 0 aliphatic heterocycles. The Morgan fingerprint density at radius 1 is 0.720 bits per heavy atom. The summed E-state index contributed by atoms with van der Waals surface area (Å²) in [7, 11) is 3.30. The number of rotatable bonds is 6. The first-order chi connectivity index (χ1) is 11.0. The van der Waals surface area contributed by atoms with E-state index >= 15 is 0 Å². The van der Waals surface area contributed by atoms with Crippen molar-refractivity contribution in [3.8, 4) is 12.1 Å². The average molecular weight is 467 g/mol. The molecule has 1 rings (SSSR count). The highest BCUT2D eigenvalue weighted by molar-refractivity contribution is 6.50. The second kappa shape index (κ2) is 17.5. The fourth-order valence-electron chi connectivity index (χ4n) is 1.22. The van der Waals surface area contributed by atoms with Gasteiger partial charge < -0.3 is 14.2 Å². The second-order valence-corrected chi connectivity index (χ2v) is 5.34. The Morgan fingerprint density at radius 3 is 1.36 bits per heavy atom. The Kier molecular flexibility index (Phi) is 20.8. The van der Waals surface area contributed by atoms with E-state index in [4.69, 9.17) is 71.1 Å². The van der Waals surface area contributed by atoms with Crippen LogP contribution in [-0.2, 0) is 14.2 Å². The maximum atomic E-state index is 8.70. The molecule has 0 aliphatic rings. The van der Waals surface area contributed by atoms with Gasteiger partial charge in [-0.2, -0.15) is 10.5 Å². The molecule has 1 aromatic carbocycles. The van der Waals surface area contributed by atoms with Gasteiger partial charge in [-0.25, -0.2) is 0 Å². The lowest BCUT2D eigenvalue weighted by atomic mass is 10.1. The third-order valence-electron chi connectivity index (χ3n) is 2.35. The SMILES string of the molecule is COCCOCCOC.Cl.N#Cc1c(Cl)c(Cl)c(Cl)c(C#N)c1Cl.[AlH3]. The molecule has 0 aromatic heterocycles. The monoisotopic (exact) mass is 464 g/mol. The van der Waals surface area contributed by atoms with Gasteiger partial charge in [0.15, 0.2) is 17.4 Å². The number of nitriles is 2. The van der Waals surface area contributed by atoms with Gasteiger partial charge in [0.25, 0.3) is 0 Å². The Balaban J connectivity index is -0.000000390. The topological polar surface area (TPSA) is 75.3 Å². The van der Waals surface area contributed by atoms with Gasteiger partial charge in [0.05, 0.1) is 57.6 Å². The summed E-state index contributed by atoms with van der Waals surface area (Å²) in [6, 6.07) is 3.50. The van der Waals surface area contributed by atoms with Crippen LogP contribution in [0.2, 0.25) is 20.1 Å². The van der Waals surface area contributed by atoms with Gasteiger partial charge in [0.2, 0.25) is 0 Å². The summed E-state index contributed by atoms with van der Waals surface area (Å²) in [5, 5.41) is 17.2. The van der Waals surface area contributed by atoms with E-state index < -0.39 is 0 Å². The fraction of sp³-hybridized carbons (Fsp3) is 0.429. The van der Waals surface area contributed by atoms with Crippen LogP contribution in [0, 0.1) is 22.7 Å². The number of methoxy groups -OCH3 is 2. The van der Waals surface area contributed by atoms with Crippen molar-refractivity contribution in [1.29, 1.82) is 10.5 Å². The van der Waals surface area contributed by atoms with Crippen LogP contribution in [0.15, 0.2) is 0 Å². The molecular formula is C14H18AlCl5N2O3. The van der Waals surface area contributed by atoms with Gasteiger partial charge in [-0.3, -0.25) is 0 Å². The third-order valence-corrected chi connectivity index (χ3v) is 4.06. The van der Waals surface area contributed by atoms with Crippen LogP contribution in [0.1, 0.15) is 11.1 Å². The molecule has 0 heterocycles. The first-order valence-electron chi connectivity index (χ1n) is 6.17. The normalized spacial score (nSPS) is 8.80. The van der Waals surface area contributed by atoms with Crippen molar-refractivity contribution in [1.82, 2.24) is 0 Å². The number of benzene rings is 1. The smallest absolute Gasteiger partial charge is 0.187 e. The van der Waals surface area contributed by atoms with E-state index in [1.54, 1.807) is 26.4 Å². The minimum Gasteiger partial charge on any atom is -0.382 e. The highest BCUT2D eigenvalue weighted by Gasteiger charge is 2.19. The third kappa shape index (κ3) is 10.1. The average Bonchev–Trinajstić information content (AvgIpc) is 2.54. The second-order valence-electron chi connectivity index (χ2n) is 3.83. The van der Waals surface area contributed by atoms with Crippen LogP contribution < -0.4 is 0 Å². The van der Waals surface area contributed by atoms with E-state index in [1.165, 1.54) is 0 Å². The summed E-state index contributed by atoms with van der Waals surface area (Å²) >= 11 is 22.8. The van der Waals surface area contributed by atoms with E-state index in [0.29, 0.717) is 26.4 Å². The summed E-state index contributed by atoms with van der Waals surface area (Å²) < 4.78 is 14.6. The Morgan fingerprint density at radius 2 is 1.08 bits per heavy atom. The number of ether oxygens (including phenoxy) is 3. The standard InChI is InChI=1S/C8Cl4N2.C6H14O3.Al.ClH.3H/c9-5-3(1-13)6(10)8(12)7(11)4(5)2-14;1-7-3-5-9-6-4-8-2;;;;;/h;3-6H2,1-2H3;;1H;;;. The van der Waals surface area contributed by atoms with E-state index in [1.807, 2.05) is 0 Å². The van der Waals surface area contributed by atoms with Crippen molar-refractivity contribution in [3.63, 3.8) is 0 Å². The Hall–Kier alpha value is 0.0625. The highest BCUT2D eigenvalue weighted by Crippen LogP contribution is 2.40. The summed E-state index contributed by atoms with van der Waals surface area (Å²) in [5.74, 6) is 0. The lowest BCUT2D eigenvalue weighted by Gasteiger charge is -2.05. The van der Waals surface area contributed by atoms with Crippen molar-refractivity contribution in [3.05, 3.63) is 31.2 Å². The van der Waals surface area contributed by atoms with Gasteiger partial charge in [-0.15, -0.1) is 12.4 Å². The van der Waals surface area contributed by atoms with Crippen LogP contribution >= 0.6 is 58.8 Å². The van der Waals surface area contributed by atoms with Crippen LogP contribution in [0.3, 0.4) is 0 Å². The van der Waals surface area contributed by atoms with Gasteiger partial charge in [-0.05, 0) is 0 Å². The van der Waals surface area contributed by atoms with Crippen molar-refractivity contribution in [2.24, 2.45) is 0 Å². The van der Waals surface area contributed by atoms with Crippen molar-refractivity contribution >= 4 is 76.2 Å². The van der Waals surface area contributed by atoms with Gasteiger partial charge in [0.1, 0.15) is 12.1 Å². The molecule has 0 spiro atoms. The summed E-state index contributed by atoms with van der Waals surface area (Å²) in [5.41, 5.74) is -0.0847. The van der Waals surface area contributed by atoms with Crippen LogP contribution in [0.5, 0.6) is 0 Å². The molecule has 0 radical (unpaired) electrons. The molecule has 5 nitrogen and oxygen atoms in total. The van der Waals surface area contributed by atoms with Crippen molar-refractivity contribution in [2.45, 2.75) is 0 Å². The molecular weight excluding hydrogens is 448 g/mol. The zero-order valence-corrected chi connectivity index (χ0v) is 16.7. The van der Waals surface area contributed by atoms with E-state index in [-0.39, 0.29) is 61.0 Å². The van der Waals surface area contributed by atoms with Gasteiger partial charge in [-0.1, -0.05) is 46.4 Å². The molecule has 0 aliphatic carbocycles. The quantitative estimate of drug-likeness (QED) is 0.277. The molecule has 0 fully saturated rings. The predicted molar refractivity (Wildman–Crippen MR) is 108 cm³/mol. The number of hydrogen-bond donors (Lipinski definition) is 0. The largest absolute Gasteiger partial charge is 0.382 e. The molecule has 0 saturated heterocycles. The molecule has 0 unspecified atom stereocenters. The zero-order chi connectivity index (χ0) is 17.8. The van der Waals surface area contributed by atoms with Crippen molar-refractivity contribution in [2.75, 3.05) is 40.6 Å². The molecule has 11 heteroatoms. The number of hydrogen-bond acceptors (Lipinski definition) is 5. The van der Waals surface area contributed by atoms with Gasteiger partial charge in [0, 0.05) is 14.2 Å². The molecule has 25 heavy (non-hydrogen) atoms. The van der Waals surface area contributed by atoms with E-state index in [2.05, 4.69) is 0 Å². The fourth-order valence-corrected chi connectivity index (χ4v) is 2.29. The van der Waals surface area contributed by atoms with E-state index in [9.17, 15) is 0 Å². The Labute approximate surface area is 184 Å². The maximum Gasteiger partial charge on any atom is 0.187 e. The molecule has 1 aromatic rings. The summed E-state index contributed by atoms with van der Waals surface area (Å²) in [4.78, 5) is 0. The van der Waals surface area contributed by atoms with Crippen LogP contribution in [-0.4, -0.2) is 58.0 Å². The predicted octanol–water partition coefficient (Wildman–Crippen LogP) is 3.58. The van der Waals surface area contributed by atoms with Crippen LogP contribution in [0.4, 0.5) is 0 Å². The Bertz CT molecular complexity index is 559. The number of halogens is 5. The lowest BCUT2D eigenvalue weighted by molar-refractivity contribution is 0.0385. The van der Waals surface area contributed by atoms with Crippen molar-refractivity contribution < 1.29 is 14.2 Å². The molecule has 0 atom stereocenters. The van der Waals surface area contributed by atoms with Gasteiger partial charge >= 0.3 is 0 Å².